The molecule has 160 valence electrons. The van der Waals surface area contributed by atoms with E-state index in [0.29, 0.717) is 18.1 Å². The summed E-state index contributed by atoms with van der Waals surface area (Å²) in [5, 5.41) is 2.31. The highest BCUT2D eigenvalue weighted by Gasteiger charge is 2.38. The molecule has 0 fully saturated rings. The van der Waals surface area contributed by atoms with Crippen molar-refractivity contribution in [2.45, 2.75) is 19.6 Å². The fraction of sp³-hybridized carbons (Fsp3) is 0.154. The fourth-order valence-electron chi connectivity index (χ4n) is 4.40. The van der Waals surface area contributed by atoms with Crippen LogP contribution in [0.2, 0.25) is 0 Å². The minimum Gasteiger partial charge on any atom is -0.489 e. The number of fused-ring (bicyclic) bond motifs is 3. The lowest BCUT2D eigenvalue weighted by molar-refractivity contribution is -0.133. The number of aromatic nitrogens is 1. The summed E-state index contributed by atoms with van der Waals surface area (Å²) in [5.41, 5.74) is 7.03. The van der Waals surface area contributed by atoms with Crippen LogP contribution >= 0.6 is 0 Å². The van der Waals surface area contributed by atoms with Crippen LogP contribution in [0.15, 0.2) is 78.9 Å². The van der Waals surface area contributed by atoms with E-state index in [9.17, 15) is 9.59 Å². The summed E-state index contributed by atoms with van der Waals surface area (Å²) >= 11 is 0. The van der Waals surface area contributed by atoms with Crippen LogP contribution < -0.4 is 10.2 Å². The van der Waals surface area contributed by atoms with Gasteiger partial charge >= 0.3 is 0 Å². The van der Waals surface area contributed by atoms with Crippen LogP contribution in [-0.4, -0.2) is 21.4 Å². The molecule has 3 aromatic carbocycles. The maximum atomic E-state index is 13.0. The highest BCUT2D eigenvalue weighted by Crippen LogP contribution is 2.40. The molecule has 1 unspecified atom stereocenters. The summed E-state index contributed by atoms with van der Waals surface area (Å²) in [4.78, 5) is 25.5. The first-order chi connectivity index (χ1) is 15.5. The van der Waals surface area contributed by atoms with Crippen LogP contribution in [0.3, 0.4) is 0 Å². The second-order valence-corrected chi connectivity index (χ2v) is 7.92. The zero-order valence-electron chi connectivity index (χ0n) is 17.9. The first-order valence-electron chi connectivity index (χ1n) is 10.5. The van der Waals surface area contributed by atoms with E-state index in [1.54, 1.807) is 0 Å². The Morgan fingerprint density at radius 2 is 1.69 bits per heavy atom. The van der Waals surface area contributed by atoms with Crippen LogP contribution in [0.25, 0.3) is 10.9 Å². The van der Waals surface area contributed by atoms with Crippen molar-refractivity contribution in [3.05, 3.63) is 101 Å². The number of carbonyl (C=O) groups excluding carboxylic acids is 2. The zero-order chi connectivity index (χ0) is 22.2. The second-order valence-electron chi connectivity index (χ2n) is 7.92. The molecule has 1 aliphatic rings. The topological polar surface area (TPSA) is 63.6 Å². The molecule has 1 N–H and O–H groups in total. The Morgan fingerprint density at radius 3 is 2.38 bits per heavy atom. The van der Waals surface area contributed by atoms with Crippen LogP contribution in [0.4, 0.5) is 0 Å². The van der Waals surface area contributed by atoms with Gasteiger partial charge in [-0.3, -0.25) is 15.0 Å². The molecule has 6 nitrogen and oxygen atoms in total. The number of hydrogen-bond donors (Lipinski definition) is 1. The van der Waals surface area contributed by atoms with Gasteiger partial charge in [0.05, 0.1) is 0 Å². The number of rotatable bonds is 4. The monoisotopic (exact) mass is 425 g/mol. The lowest BCUT2D eigenvalue weighted by Crippen LogP contribution is -2.51. The molecule has 0 radical (unpaired) electrons. The predicted molar refractivity (Wildman–Crippen MR) is 122 cm³/mol. The van der Waals surface area contributed by atoms with Gasteiger partial charge in [-0.2, -0.15) is 0 Å². The molecule has 32 heavy (non-hydrogen) atoms. The number of nitrogens with one attached hydrogen (secondary N) is 1. The van der Waals surface area contributed by atoms with Crippen LogP contribution in [0, 0.1) is 0 Å². The van der Waals surface area contributed by atoms with Gasteiger partial charge in [0.15, 0.2) is 0 Å². The number of aryl methyl sites for hydroxylation is 1. The molecular weight excluding hydrogens is 402 g/mol. The van der Waals surface area contributed by atoms with Crippen molar-refractivity contribution < 1.29 is 14.3 Å². The minimum atomic E-state index is -0.436. The molecule has 2 amide bonds. The quantitative estimate of drug-likeness (QED) is 0.529. The molecule has 0 bridgehead atoms. The van der Waals surface area contributed by atoms with Crippen molar-refractivity contribution in [1.29, 1.82) is 0 Å². The number of hydrazine groups is 1. The maximum Gasteiger partial charge on any atom is 0.286 e. The van der Waals surface area contributed by atoms with Crippen molar-refractivity contribution in [3.8, 4) is 5.75 Å². The summed E-state index contributed by atoms with van der Waals surface area (Å²) in [6.07, 6.45) is 0. The highest BCUT2D eigenvalue weighted by molar-refractivity contribution is 6.05. The van der Waals surface area contributed by atoms with Gasteiger partial charge in [-0.25, -0.2) is 5.01 Å². The van der Waals surface area contributed by atoms with E-state index in [2.05, 4.69) is 5.43 Å². The van der Waals surface area contributed by atoms with Gasteiger partial charge in [0.2, 0.25) is 5.91 Å². The van der Waals surface area contributed by atoms with E-state index in [1.807, 2.05) is 90.5 Å². The van der Waals surface area contributed by atoms with Crippen LogP contribution in [0.5, 0.6) is 5.75 Å². The second kappa shape index (κ2) is 7.89. The molecule has 6 heteroatoms. The van der Waals surface area contributed by atoms with E-state index in [1.165, 1.54) is 11.9 Å². The molecule has 1 atom stereocenters. The Labute approximate surface area is 186 Å². The summed E-state index contributed by atoms with van der Waals surface area (Å²) < 4.78 is 7.94. The smallest absolute Gasteiger partial charge is 0.286 e. The number of benzene rings is 3. The molecule has 0 saturated heterocycles. The van der Waals surface area contributed by atoms with Gasteiger partial charge in [0.25, 0.3) is 5.91 Å². The lowest BCUT2D eigenvalue weighted by atomic mass is 9.93. The summed E-state index contributed by atoms with van der Waals surface area (Å²) in [6.45, 7) is 1.91. The van der Waals surface area contributed by atoms with E-state index in [4.69, 9.17) is 4.74 Å². The molecule has 2 heterocycles. The third-order valence-corrected chi connectivity index (χ3v) is 5.88. The maximum absolute atomic E-state index is 13.0. The molecule has 4 aromatic rings. The van der Waals surface area contributed by atoms with Gasteiger partial charge in [-0.05, 0) is 29.3 Å². The number of hydrogen-bond acceptors (Lipinski definition) is 3. The Kier molecular flexibility index (Phi) is 4.90. The summed E-state index contributed by atoms with van der Waals surface area (Å²) in [7, 11) is 1.87. The Hall–Kier alpha value is -4.06. The zero-order valence-corrected chi connectivity index (χ0v) is 17.9. The Morgan fingerprint density at radius 1 is 1.00 bits per heavy atom. The van der Waals surface area contributed by atoms with E-state index in [0.717, 1.165) is 27.6 Å². The fourth-order valence-corrected chi connectivity index (χ4v) is 4.40. The van der Waals surface area contributed by atoms with Crippen molar-refractivity contribution in [2.24, 2.45) is 7.05 Å². The first-order valence-corrected chi connectivity index (χ1v) is 10.5. The van der Waals surface area contributed by atoms with Crippen LogP contribution in [0.1, 0.15) is 40.1 Å². The largest absolute Gasteiger partial charge is 0.489 e. The van der Waals surface area contributed by atoms with Crippen molar-refractivity contribution in [2.75, 3.05) is 0 Å². The van der Waals surface area contributed by atoms with Gasteiger partial charge in [0.1, 0.15) is 24.1 Å². The normalized spacial score (nSPS) is 15.4. The molecule has 1 aliphatic heterocycles. The standard InChI is InChI=1S/C26H23N3O3/c1-17(30)29-24(19-11-7-4-8-12-19)23-21-15-20(32-16-18-9-5-3-6-10-18)13-14-22(21)28(2)25(23)26(31)27-29/h3-15,24H,16H2,1-2H3,(H,27,31). The SMILES string of the molecule is CC(=O)N1NC(=O)c2c(c3cc(OCc4ccccc4)ccc3n2C)C1c1ccccc1. The van der Waals surface area contributed by atoms with E-state index < -0.39 is 6.04 Å². The van der Waals surface area contributed by atoms with Gasteiger partial charge < -0.3 is 9.30 Å². The minimum absolute atomic E-state index is 0.230. The van der Waals surface area contributed by atoms with Crippen molar-refractivity contribution in [1.82, 2.24) is 15.0 Å². The van der Waals surface area contributed by atoms with Gasteiger partial charge in [0, 0.05) is 30.4 Å². The first kappa shape index (κ1) is 19.9. The van der Waals surface area contributed by atoms with Crippen molar-refractivity contribution in [3.63, 3.8) is 0 Å². The Bertz CT molecular complexity index is 1310. The summed E-state index contributed by atoms with van der Waals surface area (Å²) in [6, 6.07) is 25.1. The third kappa shape index (κ3) is 3.30. The Balaban J connectivity index is 1.65. The molecule has 0 aliphatic carbocycles. The van der Waals surface area contributed by atoms with E-state index >= 15 is 0 Å². The third-order valence-electron chi connectivity index (χ3n) is 5.88. The summed E-state index contributed by atoms with van der Waals surface area (Å²) in [5.74, 6) is 0.182. The number of ether oxygens (including phenoxy) is 1. The molecule has 0 saturated carbocycles. The van der Waals surface area contributed by atoms with Gasteiger partial charge in [-0.15, -0.1) is 0 Å². The van der Waals surface area contributed by atoms with Gasteiger partial charge in [-0.1, -0.05) is 60.7 Å². The lowest BCUT2D eigenvalue weighted by Gasteiger charge is -2.35. The number of nitrogens with zero attached hydrogens (tertiary/aromatic N) is 2. The average molecular weight is 425 g/mol. The number of amides is 2. The predicted octanol–water partition coefficient (Wildman–Crippen LogP) is 4.35. The number of carbonyl (C=O) groups is 2. The molecule has 0 spiro atoms. The van der Waals surface area contributed by atoms with Crippen molar-refractivity contribution >= 4 is 22.7 Å². The molecule has 5 rings (SSSR count). The molecule has 1 aromatic heterocycles. The van der Waals surface area contributed by atoms with E-state index in [-0.39, 0.29) is 11.8 Å². The van der Waals surface area contributed by atoms with Crippen LogP contribution in [-0.2, 0) is 18.4 Å². The average Bonchev–Trinajstić information content (AvgIpc) is 3.11. The highest BCUT2D eigenvalue weighted by atomic mass is 16.5. The molecular formula is C26H23N3O3.